The van der Waals surface area contributed by atoms with Gasteiger partial charge in [0, 0.05) is 18.0 Å². The third kappa shape index (κ3) is 2.45. The summed E-state index contributed by atoms with van der Waals surface area (Å²) in [7, 11) is 1.53. The zero-order valence-electron chi connectivity index (χ0n) is 12.4. The van der Waals surface area contributed by atoms with Crippen molar-refractivity contribution in [1.29, 1.82) is 0 Å². The van der Waals surface area contributed by atoms with Crippen LogP contribution in [-0.4, -0.2) is 4.57 Å². The van der Waals surface area contributed by atoms with Crippen LogP contribution in [0.1, 0.15) is 54.8 Å². The third-order valence-electron chi connectivity index (χ3n) is 4.68. The zero-order chi connectivity index (χ0) is 15.2. The van der Waals surface area contributed by atoms with Crippen LogP contribution in [0.4, 0.5) is 13.2 Å². The molecule has 21 heavy (non-hydrogen) atoms. The molecule has 0 saturated heterocycles. The van der Waals surface area contributed by atoms with Gasteiger partial charge in [-0.05, 0) is 43.4 Å². The minimum Gasteiger partial charge on any atom is -0.340 e. The first-order valence-electron chi connectivity index (χ1n) is 7.55. The molecule has 1 saturated carbocycles. The van der Waals surface area contributed by atoms with Crippen molar-refractivity contribution in [3.63, 3.8) is 0 Å². The molecule has 0 bridgehead atoms. The van der Waals surface area contributed by atoms with Crippen molar-refractivity contribution in [3.8, 4) is 0 Å². The molecular formula is C17H20F3N. The second-order valence-corrected chi connectivity index (χ2v) is 6.17. The van der Waals surface area contributed by atoms with Gasteiger partial charge >= 0.3 is 6.18 Å². The van der Waals surface area contributed by atoms with Crippen LogP contribution in [0.2, 0.25) is 0 Å². The lowest BCUT2D eigenvalue weighted by molar-refractivity contribution is -0.143. The molecule has 0 aliphatic heterocycles. The van der Waals surface area contributed by atoms with Crippen molar-refractivity contribution in [2.24, 2.45) is 7.05 Å². The van der Waals surface area contributed by atoms with Crippen molar-refractivity contribution in [2.75, 3.05) is 0 Å². The van der Waals surface area contributed by atoms with Gasteiger partial charge in [0.1, 0.15) is 5.69 Å². The molecule has 0 atom stereocenters. The predicted molar refractivity (Wildman–Crippen MR) is 78.5 cm³/mol. The highest BCUT2D eigenvalue weighted by atomic mass is 19.4. The van der Waals surface area contributed by atoms with E-state index in [1.807, 2.05) is 25.1 Å². The van der Waals surface area contributed by atoms with Gasteiger partial charge in [-0.2, -0.15) is 13.2 Å². The molecule has 1 aromatic heterocycles. The summed E-state index contributed by atoms with van der Waals surface area (Å²) in [6.07, 6.45) is 0.650. The standard InChI is InChI=1S/C17H20F3N/c1-11-8-9-14-13(10-11)15(12-6-4-3-5-7-12)16(21(14)2)17(18,19)20/h8-10,12H,3-7H2,1-2H3. The highest BCUT2D eigenvalue weighted by molar-refractivity contribution is 5.87. The van der Waals surface area contributed by atoms with Gasteiger partial charge < -0.3 is 4.57 Å². The van der Waals surface area contributed by atoms with Crippen molar-refractivity contribution in [2.45, 2.75) is 51.1 Å². The average molecular weight is 295 g/mol. The van der Waals surface area contributed by atoms with Crippen LogP contribution in [0.25, 0.3) is 10.9 Å². The number of fused-ring (bicyclic) bond motifs is 1. The molecule has 114 valence electrons. The van der Waals surface area contributed by atoms with E-state index in [1.165, 1.54) is 11.6 Å². The van der Waals surface area contributed by atoms with Gasteiger partial charge in [0.2, 0.25) is 0 Å². The summed E-state index contributed by atoms with van der Waals surface area (Å²) in [5, 5.41) is 0.789. The topological polar surface area (TPSA) is 4.93 Å². The van der Waals surface area contributed by atoms with Gasteiger partial charge in [0.25, 0.3) is 0 Å². The number of aromatic nitrogens is 1. The van der Waals surface area contributed by atoms with E-state index in [4.69, 9.17) is 0 Å². The van der Waals surface area contributed by atoms with E-state index in [9.17, 15) is 13.2 Å². The zero-order valence-corrected chi connectivity index (χ0v) is 12.4. The summed E-state index contributed by atoms with van der Waals surface area (Å²) in [4.78, 5) is 0. The molecule has 2 aromatic rings. The Morgan fingerprint density at radius 2 is 1.76 bits per heavy atom. The molecule has 1 fully saturated rings. The summed E-state index contributed by atoms with van der Waals surface area (Å²) in [5.41, 5.74) is 1.78. The minimum atomic E-state index is -4.30. The van der Waals surface area contributed by atoms with Crippen LogP contribution in [0, 0.1) is 6.92 Å². The lowest BCUT2D eigenvalue weighted by Crippen LogP contribution is -2.16. The third-order valence-corrected chi connectivity index (χ3v) is 4.68. The normalized spacial score (nSPS) is 17.6. The fourth-order valence-electron chi connectivity index (χ4n) is 3.73. The second-order valence-electron chi connectivity index (χ2n) is 6.17. The van der Waals surface area contributed by atoms with Crippen molar-refractivity contribution < 1.29 is 13.2 Å². The van der Waals surface area contributed by atoms with Crippen LogP contribution in [0.3, 0.4) is 0 Å². The lowest BCUT2D eigenvalue weighted by atomic mass is 9.82. The van der Waals surface area contributed by atoms with E-state index in [-0.39, 0.29) is 5.92 Å². The summed E-state index contributed by atoms with van der Waals surface area (Å²) < 4.78 is 42.1. The monoisotopic (exact) mass is 295 g/mol. The molecule has 4 heteroatoms. The Bertz CT molecular complexity index is 661. The smallest absolute Gasteiger partial charge is 0.340 e. The largest absolute Gasteiger partial charge is 0.431 e. The molecule has 3 rings (SSSR count). The Morgan fingerprint density at radius 1 is 1.10 bits per heavy atom. The highest BCUT2D eigenvalue weighted by Gasteiger charge is 2.40. The summed E-state index contributed by atoms with van der Waals surface area (Å²) in [6, 6.07) is 5.61. The summed E-state index contributed by atoms with van der Waals surface area (Å²) in [5.74, 6) is 0.0425. The lowest BCUT2D eigenvalue weighted by Gasteiger charge is -2.24. The fourth-order valence-corrected chi connectivity index (χ4v) is 3.73. The second kappa shape index (κ2) is 5.08. The maximum atomic E-state index is 13.6. The summed E-state index contributed by atoms with van der Waals surface area (Å²) in [6.45, 7) is 1.93. The molecule has 0 N–H and O–H groups in total. The van der Waals surface area contributed by atoms with Gasteiger partial charge in [-0.3, -0.25) is 0 Å². The van der Waals surface area contributed by atoms with E-state index in [0.29, 0.717) is 11.1 Å². The number of hydrogen-bond donors (Lipinski definition) is 0. The van der Waals surface area contributed by atoms with Gasteiger partial charge in [-0.25, -0.2) is 0 Å². The predicted octanol–water partition coefficient (Wildman–Crippen LogP) is 5.55. The van der Waals surface area contributed by atoms with E-state index >= 15 is 0 Å². The van der Waals surface area contributed by atoms with E-state index in [0.717, 1.165) is 43.1 Å². The van der Waals surface area contributed by atoms with Crippen LogP contribution in [0.15, 0.2) is 18.2 Å². The Balaban J connectivity index is 2.29. The molecule has 0 radical (unpaired) electrons. The number of hydrogen-bond acceptors (Lipinski definition) is 0. The molecule has 0 amide bonds. The Labute approximate surface area is 122 Å². The van der Waals surface area contributed by atoms with Crippen molar-refractivity contribution in [3.05, 3.63) is 35.0 Å². The van der Waals surface area contributed by atoms with Crippen LogP contribution in [-0.2, 0) is 13.2 Å². The summed E-state index contributed by atoms with van der Waals surface area (Å²) >= 11 is 0. The Kier molecular flexibility index (Phi) is 3.50. The SMILES string of the molecule is Cc1ccc2c(c1)c(C1CCCCC1)c(C(F)(F)F)n2C. The van der Waals surface area contributed by atoms with Crippen LogP contribution < -0.4 is 0 Å². The maximum Gasteiger partial charge on any atom is 0.431 e. The number of benzene rings is 1. The molecule has 1 nitrogen and oxygen atoms in total. The Hall–Kier alpha value is -1.45. The maximum absolute atomic E-state index is 13.6. The molecular weight excluding hydrogens is 275 g/mol. The first-order chi connectivity index (χ1) is 9.89. The van der Waals surface area contributed by atoms with Gasteiger partial charge in [0.15, 0.2) is 0 Å². The van der Waals surface area contributed by atoms with Gasteiger partial charge in [-0.1, -0.05) is 30.9 Å². The van der Waals surface area contributed by atoms with Crippen molar-refractivity contribution in [1.82, 2.24) is 4.57 Å². The number of alkyl halides is 3. The first-order valence-corrected chi connectivity index (χ1v) is 7.55. The molecule has 1 heterocycles. The fraction of sp³-hybridized carbons (Fsp3) is 0.529. The molecule has 0 unspecified atom stereocenters. The molecule has 1 aliphatic carbocycles. The number of rotatable bonds is 1. The number of halogens is 3. The molecule has 1 aliphatic rings. The first kappa shape index (κ1) is 14.5. The van der Waals surface area contributed by atoms with E-state index < -0.39 is 11.9 Å². The van der Waals surface area contributed by atoms with Crippen LogP contribution in [0.5, 0.6) is 0 Å². The molecule has 0 spiro atoms. The van der Waals surface area contributed by atoms with Gasteiger partial charge in [0.05, 0.1) is 0 Å². The minimum absolute atomic E-state index is 0.0425. The quantitative estimate of drug-likeness (QED) is 0.649. The Morgan fingerprint density at radius 3 is 2.38 bits per heavy atom. The van der Waals surface area contributed by atoms with Crippen molar-refractivity contribution >= 4 is 10.9 Å². The van der Waals surface area contributed by atoms with Gasteiger partial charge in [-0.15, -0.1) is 0 Å². The molecule has 1 aromatic carbocycles. The number of aryl methyl sites for hydroxylation is 2. The van der Waals surface area contributed by atoms with E-state index in [1.54, 1.807) is 0 Å². The van der Waals surface area contributed by atoms with Crippen LogP contribution >= 0.6 is 0 Å². The average Bonchev–Trinajstić information content (AvgIpc) is 2.72. The highest BCUT2D eigenvalue weighted by Crippen LogP contribution is 2.45. The van der Waals surface area contributed by atoms with E-state index in [2.05, 4.69) is 0 Å². The number of nitrogens with zero attached hydrogens (tertiary/aromatic N) is 1.